The van der Waals surface area contributed by atoms with Gasteiger partial charge in [-0.3, -0.25) is 14.5 Å². The molecular weight excluding hydrogens is 196 g/mol. The molecule has 0 N–H and O–H groups in total. The second kappa shape index (κ2) is 5.11. The molecule has 0 aliphatic carbocycles. The Morgan fingerprint density at radius 3 is 2.67 bits per heavy atom. The number of esters is 1. The molecule has 15 heavy (non-hydrogen) atoms. The van der Waals surface area contributed by atoms with E-state index in [-0.39, 0.29) is 17.9 Å². The smallest absolute Gasteiger partial charge is 0.323 e. The first-order chi connectivity index (χ1) is 7.06. The highest BCUT2D eigenvalue weighted by Gasteiger charge is 2.32. The number of methoxy groups -OCH3 is 1. The van der Waals surface area contributed by atoms with Crippen LogP contribution in [0.2, 0.25) is 0 Å². The van der Waals surface area contributed by atoms with Crippen molar-refractivity contribution in [1.82, 2.24) is 9.80 Å². The molecular formula is C10H18N2O3. The molecule has 0 aromatic rings. The molecule has 0 bridgehead atoms. The van der Waals surface area contributed by atoms with Crippen molar-refractivity contribution in [2.24, 2.45) is 0 Å². The van der Waals surface area contributed by atoms with Crippen molar-refractivity contribution >= 4 is 11.9 Å². The van der Waals surface area contributed by atoms with Crippen molar-refractivity contribution in [2.45, 2.75) is 18.9 Å². The Balaban J connectivity index is 2.53. The summed E-state index contributed by atoms with van der Waals surface area (Å²) in [6, 6.07) is -0.237. The minimum absolute atomic E-state index is 0.0193. The Labute approximate surface area is 90.0 Å². The van der Waals surface area contributed by atoms with E-state index in [0.29, 0.717) is 6.54 Å². The van der Waals surface area contributed by atoms with Gasteiger partial charge in [-0.1, -0.05) is 0 Å². The molecule has 0 aromatic heterocycles. The number of hydrogen-bond donors (Lipinski definition) is 0. The fourth-order valence-electron chi connectivity index (χ4n) is 1.73. The number of rotatable bonds is 3. The van der Waals surface area contributed by atoms with E-state index < -0.39 is 0 Å². The third kappa shape index (κ3) is 2.92. The van der Waals surface area contributed by atoms with Crippen LogP contribution in [0.3, 0.4) is 0 Å². The molecule has 1 unspecified atom stereocenters. The van der Waals surface area contributed by atoms with Crippen LogP contribution in [0.15, 0.2) is 0 Å². The van der Waals surface area contributed by atoms with Crippen LogP contribution < -0.4 is 0 Å². The summed E-state index contributed by atoms with van der Waals surface area (Å²) < 4.78 is 4.70. The van der Waals surface area contributed by atoms with Crippen molar-refractivity contribution in [3.63, 3.8) is 0 Å². The quantitative estimate of drug-likeness (QED) is 0.606. The van der Waals surface area contributed by atoms with Gasteiger partial charge in [0.2, 0.25) is 5.91 Å². The van der Waals surface area contributed by atoms with Gasteiger partial charge in [0.05, 0.1) is 13.7 Å². The summed E-state index contributed by atoms with van der Waals surface area (Å²) in [5.74, 6) is -0.218. The topological polar surface area (TPSA) is 49.9 Å². The van der Waals surface area contributed by atoms with E-state index in [4.69, 9.17) is 4.74 Å². The lowest BCUT2D eigenvalue weighted by Gasteiger charge is -2.23. The van der Waals surface area contributed by atoms with E-state index in [0.717, 1.165) is 19.4 Å². The van der Waals surface area contributed by atoms with Crippen molar-refractivity contribution in [3.8, 4) is 0 Å². The maximum Gasteiger partial charge on any atom is 0.323 e. The average Bonchev–Trinajstić information content (AvgIpc) is 2.64. The molecule has 5 heteroatoms. The van der Waals surface area contributed by atoms with Crippen molar-refractivity contribution in [2.75, 3.05) is 34.3 Å². The van der Waals surface area contributed by atoms with Crippen LogP contribution in [-0.2, 0) is 14.3 Å². The molecule has 0 spiro atoms. The summed E-state index contributed by atoms with van der Waals surface area (Å²) in [5, 5.41) is 0. The summed E-state index contributed by atoms with van der Waals surface area (Å²) >= 11 is 0. The van der Waals surface area contributed by atoms with Crippen LogP contribution in [0.5, 0.6) is 0 Å². The number of nitrogens with zero attached hydrogens (tertiary/aromatic N) is 2. The fraction of sp³-hybridized carbons (Fsp3) is 0.800. The molecule has 0 radical (unpaired) electrons. The Bertz CT molecular complexity index is 253. The lowest BCUT2D eigenvalue weighted by Crippen LogP contribution is -2.43. The van der Waals surface area contributed by atoms with Gasteiger partial charge in [-0.05, 0) is 19.4 Å². The monoisotopic (exact) mass is 214 g/mol. The van der Waals surface area contributed by atoms with Crippen molar-refractivity contribution in [1.29, 1.82) is 0 Å². The van der Waals surface area contributed by atoms with Crippen LogP contribution in [0.4, 0.5) is 0 Å². The number of carbonyl (C=O) groups excluding carboxylic acids is 2. The number of amides is 1. The lowest BCUT2D eigenvalue weighted by atomic mass is 10.2. The summed E-state index contributed by atoms with van der Waals surface area (Å²) in [5.41, 5.74) is 0. The second-order valence-electron chi connectivity index (χ2n) is 3.94. The number of hydrogen-bond acceptors (Lipinski definition) is 4. The first-order valence-corrected chi connectivity index (χ1v) is 5.08. The van der Waals surface area contributed by atoms with Gasteiger partial charge in [-0.15, -0.1) is 0 Å². The average molecular weight is 214 g/mol. The van der Waals surface area contributed by atoms with Gasteiger partial charge >= 0.3 is 5.97 Å². The summed E-state index contributed by atoms with van der Waals surface area (Å²) in [4.78, 5) is 26.3. The maximum absolute atomic E-state index is 11.5. The Morgan fingerprint density at radius 1 is 1.47 bits per heavy atom. The van der Waals surface area contributed by atoms with Gasteiger partial charge < -0.3 is 9.64 Å². The zero-order valence-electron chi connectivity index (χ0n) is 9.52. The zero-order valence-corrected chi connectivity index (χ0v) is 9.52. The third-order valence-corrected chi connectivity index (χ3v) is 2.67. The highest BCUT2D eigenvalue weighted by Crippen LogP contribution is 2.17. The number of likely N-dealkylation sites (N-methyl/N-ethyl adjacent to an activating group) is 1. The molecule has 1 amide bonds. The Hall–Kier alpha value is -1.10. The second-order valence-corrected chi connectivity index (χ2v) is 3.94. The largest absolute Gasteiger partial charge is 0.468 e. The minimum Gasteiger partial charge on any atom is -0.468 e. The van der Waals surface area contributed by atoms with E-state index in [1.54, 1.807) is 14.1 Å². The molecule has 1 aliphatic heterocycles. The van der Waals surface area contributed by atoms with Crippen LogP contribution in [0.1, 0.15) is 12.8 Å². The van der Waals surface area contributed by atoms with E-state index in [9.17, 15) is 9.59 Å². The summed E-state index contributed by atoms with van der Waals surface area (Å²) in [6.07, 6.45) is 1.73. The molecule has 1 aliphatic rings. The number of carbonyl (C=O) groups is 2. The van der Waals surface area contributed by atoms with Crippen LogP contribution in [0, 0.1) is 0 Å². The van der Waals surface area contributed by atoms with E-state index in [1.807, 2.05) is 4.90 Å². The summed E-state index contributed by atoms with van der Waals surface area (Å²) in [7, 11) is 4.81. The molecule has 1 heterocycles. The number of likely N-dealkylation sites (tertiary alicyclic amines) is 1. The van der Waals surface area contributed by atoms with Crippen molar-refractivity contribution in [3.05, 3.63) is 0 Å². The summed E-state index contributed by atoms with van der Waals surface area (Å²) in [6.45, 7) is 1.09. The van der Waals surface area contributed by atoms with E-state index in [2.05, 4.69) is 0 Å². The molecule has 1 rings (SSSR count). The van der Waals surface area contributed by atoms with E-state index in [1.165, 1.54) is 12.0 Å². The molecule has 1 atom stereocenters. The third-order valence-electron chi connectivity index (χ3n) is 2.67. The molecule has 86 valence electrons. The molecule has 0 aromatic carbocycles. The van der Waals surface area contributed by atoms with Gasteiger partial charge in [0.15, 0.2) is 0 Å². The van der Waals surface area contributed by atoms with Crippen LogP contribution in [0.25, 0.3) is 0 Å². The molecule has 5 nitrogen and oxygen atoms in total. The van der Waals surface area contributed by atoms with Gasteiger partial charge in [0, 0.05) is 14.1 Å². The van der Waals surface area contributed by atoms with Crippen LogP contribution >= 0.6 is 0 Å². The predicted octanol–water partition coefficient (Wildman–Crippen LogP) is -0.288. The van der Waals surface area contributed by atoms with Gasteiger partial charge in [-0.25, -0.2) is 0 Å². The van der Waals surface area contributed by atoms with Gasteiger partial charge in [0.1, 0.15) is 6.04 Å². The highest BCUT2D eigenvalue weighted by molar-refractivity contribution is 5.80. The minimum atomic E-state index is -0.237. The van der Waals surface area contributed by atoms with Gasteiger partial charge in [0.25, 0.3) is 0 Å². The van der Waals surface area contributed by atoms with E-state index >= 15 is 0 Å². The number of ether oxygens (including phenoxy) is 1. The Morgan fingerprint density at radius 2 is 2.13 bits per heavy atom. The van der Waals surface area contributed by atoms with Crippen molar-refractivity contribution < 1.29 is 14.3 Å². The van der Waals surface area contributed by atoms with Gasteiger partial charge in [-0.2, -0.15) is 0 Å². The SMILES string of the molecule is COC(=O)C1CCCN1CC(=O)N(C)C. The van der Waals surface area contributed by atoms with Crippen LogP contribution in [-0.4, -0.2) is 62.0 Å². The fourth-order valence-corrected chi connectivity index (χ4v) is 1.73. The first-order valence-electron chi connectivity index (χ1n) is 5.08. The standard InChI is InChI=1S/C10H18N2O3/c1-11(2)9(13)7-12-6-4-5-8(12)10(14)15-3/h8H,4-7H2,1-3H3. The lowest BCUT2D eigenvalue weighted by molar-refractivity contribution is -0.146. The normalized spacial score (nSPS) is 21.4. The first kappa shape index (κ1) is 12.0. The molecule has 1 saturated heterocycles. The Kier molecular flexibility index (Phi) is 4.08. The highest BCUT2D eigenvalue weighted by atomic mass is 16.5. The zero-order chi connectivity index (χ0) is 11.4. The molecule has 0 saturated carbocycles. The molecule has 1 fully saturated rings. The predicted molar refractivity (Wildman–Crippen MR) is 55.3 cm³/mol. The maximum atomic E-state index is 11.5.